The van der Waals surface area contributed by atoms with Crippen molar-refractivity contribution >= 4 is 33.0 Å². The first-order chi connectivity index (χ1) is 10.4. The minimum Gasteiger partial charge on any atom is -0.377 e. The van der Waals surface area contributed by atoms with Crippen LogP contribution in [0.1, 0.15) is 0 Å². The molecular weight excluding hydrogens is 328 g/mol. The van der Waals surface area contributed by atoms with Gasteiger partial charge in [0.2, 0.25) is 10.0 Å². The highest BCUT2D eigenvalue weighted by Gasteiger charge is 2.44. The summed E-state index contributed by atoms with van der Waals surface area (Å²) in [5.74, 6) is -0.126. The summed E-state index contributed by atoms with van der Waals surface area (Å²) in [5.41, 5.74) is -0.0112. The molecular formula is C13H18N2O5S2. The number of hydrogen-bond donors (Lipinski definition) is 0. The number of sulfonamides is 1. The highest BCUT2D eigenvalue weighted by molar-refractivity contribution is 7.88. The molecule has 0 aliphatic carbocycles. The number of carbonyl (C=O) groups is 1. The summed E-state index contributed by atoms with van der Waals surface area (Å²) in [6, 6.07) is 1.87. The number of morpholine rings is 1. The maximum absolute atomic E-state index is 12.1. The molecule has 2 fully saturated rings. The van der Waals surface area contributed by atoms with Crippen LogP contribution in [-0.2, 0) is 24.3 Å². The number of thiophene rings is 1. The lowest BCUT2D eigenvalue weighted by molar-refractivity contribution is -0.145. The van der Waals surface area contributed by atoms with Gasteiger partial charge in [-0.1, -0.05) is 0 Å². The Balaban J connectivity index is 1.86. The number of carbonyl (C=O) groups excluding carboxylic acids is 1. The number of ether oxygens (including phenoxy) is 2. The number of amides is 1. The zero-order valence-electron chi connectivity index (χ0n) is 12.2. The first-order valence-electron chi connectivity index (χ1n) is 6.89. The molecule has 2 aliphatic rings. The molecule has 1 atom stereocenters. The molecule has 7 nitrogen and oxygen atoms in total. The summed E-state index contributed by atoms with van der Waals surface area (Å²) >= 11 is 1.51. The first-order valence-corrected chi connectivity index (χ1v) is 9.68. The van der Waals surface area contributed by atoms with Gasteiger partial charge in [0.05, 0.1) is 31.7 Å². The van der Waals surface area contributed by atoms with Gasteiger partial charge >= 0.3 is 0 Å². The summed E-state index contributed by atoms with van der Waals surface area (Å²) in [6.07, 6.45) is 1.18. The Morgan fingerprint density at radius 2 is 2.18 bits per heavy atom. The molecule has 9 heteroatoms. The van der Waals surface area contributed by atoms with Crippen LogP contribution in [0, 0.1) is 0 Å². The highest BCUT2D eigenvalue weighted by Crippen LogP contribution is 2.28. The Hall–Kier alpha value is -1.00. The van der Waals surface area contributed by atoms with Gasteiger partial charge < -0.3 is 14.4 Å². The fraction of sp³-hybridized carbons (Fsp3) is 0.615. The summed E-state index contributed by atoms with van der Waals surface area (Å²) in [4.78, 5) is 13.8. The molecule has 2 saturated heterocycles. The standard InChI is InChI=1S/C13H18N2O5S2/c1-22(17,18)14-3-4-19-10-13(8-14)9-15(12(16)6-20-13)11-2-5-21-7-11/h2,5,7H,3-4,6,8-10H2,1H3/t13-/m0/s1. The molecule has 0 unspecified atom stereocenters. The lowest BCUT2D eigenvalue weighted by Crippen LogP contribution is -2.61. The maximum Gasteiger partial charge on any atom is 0.253 e. The lowest BCUT2D eigenvalue weighted by Gasteiger charge is -2.42. The predicted molar refractivity (Wildman–Crippen MR) is 82.6 cm³/mol. The average molecular weight is 346 g/mol. The van der Waals surface area contributed by atoms with Crippen molar-refractivity contribution in [2.75, 3.05) is 50.6 Å². The second-order valence-electron chi connectivity index (χ2n) is 5.58. The van der Waals surface area contributed by atoms with E-state index in [9.17, 15) is 13.2 Å². The maximum atomic E-state index is 12.1. The van der Waals surface area contributed by atoms with E-state index in [1.165, 1.54) is 21.9 Å². The summed E-state index contributed by atoms with van der Waals surface area (Å²) < 4.78 is 36.4. The molecule has 0 saturated carbocycles. The van der Waals surface area contributed by atoms with Gasteiger partial charge in [0.1, 0.15) is 12.2 Å². The van der Waals surface area contributed by atoms with Gasteiger partial charge in [-0.15, -0.1) is 0 Å². The van der Waals surface area contributed by atoms with E-state index in [-0.39, 0.29) is 32.2 Å². The van der Waals surface area contributed by atoms with Crippen LogP contribution in [0.4, 0.5) is 5.69 Å². The van der Waals surface area contributed by atoms with Gasteiger partial charge in [0, 0.05) is 18.5 Å². The van der Waals surface area contributed by atoms with Crippen LogP contribution in [0.5, 0.6) is 0 Å². The van der Waals surface area contributed by atoms with E-state index >= 15 is 0 Å². The van der Waals surface area contributed by atoms with Crippen molar-refractivity contribution in [1.29, 1.82) is 0 Å². The third kappa shape index (κ3) is 3.18. The van der Waals surface area contributed by atoms with Crippen molar-refractivity contribution in [3.8, 4) is 0 Å². The molecule has 3 heterocycles. The number of rotatable bonds is 2. The third-order valence-electron chi connectivity index (χ3n) is 3.85. The number of nitrogens with zero attached hydrogens (tertiary/aromatic N) is 2. The van der Waals surface area contributed by atoms with Crippen molar-refractivity contribution in [2.24, 2.45) is 0 Å². The molecule has 0 N–H and O–H groups in total. The zero-order valence-corrected chi connectivity index (χ0v) is 13.9. The molecule has 0 aromatic carbocycles. The van der Waals surface area contributed by atoms with Crippen LogP contribution in [0.15, 0.2) is 16.8 Å². The largest absolute Gasteiger partial charge is 0.377 e. The van der Waals surface area contributed by atoms with Gasteiger partial charge in [-0.3, -0.25) is 4.79 Å². The minimum atomic E-state index is -3.34. The van der Waals surface area contributed by atoms with Gasteiger partial charge in [-0.25, -0.2) is 8.42 Å². The summed E-state index contributed by atoms with van der Waals surface area (Å²) in [6.45, 7) is 1.30. The van der Waals surface area contributed by atoms with Gasteiger partial charge in [-0.05, 0) is 11.4 Å². The molecule has 0 bridgehead atoms. The molecule has 122 valence electrons. The minimum absolute atomic E-state index is 0.0726. The van der Waals surface area contributed by atoms with Crippen LogP contribution >= 0.6 is 11.3 Å². The predicted octanol–water partition coefficient (Wildman–Crippen LogP) is 0.142. The number of anilines is 1. The fourth-order valence-corrected chi connectivity index (χ4v) is 4.22. The summed E-state index contributed by atoms with van der Waals surface area (Å²) in [5, 5.41) is 3.79. The van der Waals surface area contributed by atoms with Gasteiger partial charge in [-0.2, -0.15) is 15.6 Å². The SMILES string of the molecule is CS(=O)(=O)N1CCOC[C@@]2(CN(c3ccsc3)C(=O)CO2)C1. The fourth-order valence-electron chi connectivity index (χ4n) is 2.70. The molecule has 1 aromatic rings. The van der Waals surface area contributed by atoms with E-state index in [0.717, 1.165) is 5.69 Å². The van der Waals surface area contributed by atoms with Crippen molar-refractivity contribution in [3.05, 3.63) is 16.8 Å². The Morgan fingerprint density at radius 1 is 1.36 bits per heavy atom. The smallest absolute Gasteiger partial charge is 0.253 e. The second kappa shape index (κ2) is 5.89. The van der Waals surface area contributed by atoms with E-state index in [0.29, 0.717) is 13.2 Å². The third-order valence-corrected chi connectivity index (χ3v) is 5.77. The monoisotopic (exact) mass is 346 g/mol. The molecule has 0 radical (unpaired) electrons. The van der Waals surface area contributed by atoms with E-state index in [4.69, 9.17) is 9.47 Å². The topological polar surface area (TPSA) is 76.2 Å². The Labute approximate surface area is 133 Å². The van der Waals surface area contributed by atoms with Crippen molar-refractivity contribution in [1.82, 2.24) is 4.31 Å². The van der Waals surface area contributed by atoms with Crippen LogP contribution in [0.2, 0.25) is 0 Å². The van der Waals surface area contributed by atoms with Gasteiger partial charge in [0.25, 0.3) is 5.91 Å². The first kappa shape index (κ1) is 15.9. The van der Waals surface area contributed by atoms with Crippen molar-refractivity contribution in [3.63, 3.8) is 0 Å². The Morgan fingerprint density at radius 3 is 2.86 bits per heavy atom. The van der Waals surface area contributed by atoms with E-state index < -0.39 is 15.6 Å². The number of hydrogen-bond acceptors (Lipinski definition) is 6. The molecule has 2 aliphatic heterocycles. The molecule has 22 heavy (non-hydrogen) atoms. The molecule has 1 aromatic heterocycles. The lowest BCUT2D eigenvalue weighted by atomic mass is 10.0. The molecule has 3 rings (SSSR count). The second-order valence-corrected chi connectivity index (χ2v) is 8.34. The van der Waals surface area contributed by atoms with E-state index in [1.807, 2.05) is 16.8 Å². The normalized spacial score (nSPS) is 28.0. The Bertz CT molecular complexity index is 645. The molecule has 1 spiro atoms. The van der Waals surface area contributed by atoms with Crippen LogP contribution in [0.3, 0.4) is 0 Å². The van der Waals surface area contributed by atoms with E-state index in [2.05, 4.69) is 0 Å². The average Bonchev–Trinajstić information content (AvgIpc) is 2.90. The van der Waals surface area contributed by atoms with Crippen LogP contribution in [0.25, 0.3) is 0 Å². The van der Waals surface area contributed by atoms with Crippen molar-refractivity contribution in [2.45, 2.75) is 5.60 Å². The zero-order chi connectivity index (χ0) is 15.8. The highest BCUT2D eigenvalue weighted by atomic mass is 32.2. The molecule has 1 amide bonds. The quantitative estimate of drug-likeness (QED) is 0.761. The summed E-state index contributed by atoms with van der Waals surface area (Å²) in [7, 11) is -3.34. The Kier molecular flexibility index (Phi) is 4.25. The van der Waals surface area contributed by atoms with Crippen LogP contribution < -0.4 is 4.90 Å². The van der Waals surface area contributed by atoms with Crippen LogP contribution in [-0.4, -0.2) is 69.9 Å². The van der Waals surface area contributed by atoms with E-state index in [1.54, 1.807) is 4.90 Å². The van der Waals surface area contributed by atoms with Gasteiger partial charge in [0.15, 0.2) is 0 Å². The van der Waals surface area contributed by atoms with Crippen molar-refractivity contribution < 1.29 is 22.7 Å².